The lowest BCUT2D eigenvalue weighted by Gasteiger charge is -2.23. The second-order valence-electron chi connectivity index (χ2n) is 6.66. The summed E-state index contributed by atoms with van der Waals surface area (Å²) in [5.74, 6) is -0.455. The summed E-state index contributed by atoms with van der Waals surface area (Å²) in [6.45, 7) is 5.18. The van der Waals surface area contributed by atoms with Gasteiger partial charge in [0.25, 0.3) is 0 Å². The number of rotatable bonds is 5. The summed E-state index contributed by atoms with van der Waals surface area (Å²) in [4.78, 5) is 15.6. The third kappa shape index (κ3) is 3.48. The first-order chi connectivity index (χ1) is 11.9. The molecule has 25 heavy (non-hydrogen) atoms. The van der Waals surface area contributed by atoms with Crippen LogP contribution in [0, 0.1) is 6.92 Å². The van der Waals surface area contributed by atoms with E-state index in [-0.39, 0.29) is 0 Å². The molecule has 2 aromatic carbocycles. The Kier molecular flexibility index (Phi) is 4.45. The Hall–Kier alpha value is -2.88. The smallest absolute Gasteiger partial charge is 0.347 e. The van der Waals surface area contributed by atoms with Crippen molar-refractivity contribution in [1.82, 2.24) is 4.98 Å². The molecule has 0 saturated heterocycles. The van der Waals surface area contributed by atoms with Crippen LogP contribution in [0.1, 0.15) is 30.5 Å². The van der Waals surface area contributed by atoms with E-state index in [1.54, 1.807) is 32.3 Å². The summed E-state index contributed by atoms with van der Waals surface area (Å²) >= 11 is 0. The largest absolute Gasteiger partial charge is 0.478 e. The van der Waals surface area contributed by atoms with E-state index < -0.39 is 11.6 Å². The molecule has 3 aromatic rings. The van der Waals surface area contributed by atoms with Gasteiger partial charge in [0.2, 0.25) is 0 Å². The van der Waals surface area contributed by atoms with Crippen LogP contribution >= 0.6 is 0 Å². The molecule has 1 aromatic heterocycles. The first-order valence-electron chi connectivity index (χ1n) is 8.21. The average Bonchev–Trinajstić information content (AvgIpc) is 2.59. The number of aliphatic carboxylic acids is 1. The van der Waals surface area contributed by atoms with Gasteiger partial charge in [0.15, 0.2) is 5.60 Å². The molecule has 128 valence electrons. The molecule has 0 aliphatic rings. The van der Waals surface area contributed by atoms with Crippen molar-refractivity contribution in [2.45, 2.75) is 32.8 Å². The topological polar surface area (TPSA) is 59.4 Å². The SMILES string of the molecule is Cc1ccc(Cc2cnccc2OC(C)(C)C(=O)O)c2ccccc12. The Morgan fingerprint density at radius 1 is 1.08 bits per heavy atom. The first kappa shape index (κ1) is 17.0. The van der Waals surface area contributed by atoms with E-state index in [0.717, 1.165) is 11.1 Å². The fraction of sp³-hybridized carbons (Fsp3) is 0.238. The number of ether oxygens (including phenoxy) is 1. The maximum absolute atomic E-state index is 11.4. The highest BCUT2D eigenvalue weighted by molar-refractivity contribution is 5.88. The van der Waals surface area contributed by atoms with Gasteiger partial charge in [0.1, 0.15) is 5.75 Å². The van der Waals surface area contributed by atoms with Crippen molar-refractivity contribution in [2.24, 2.45) is 0 Å². The minimum Gasteiger partial charge on any atom is -0.478 e. The summed E-state index contributed by atoms with van der Waals surface area (Å²) in [6, 6.07) is 14.2. The molecule has 0 fully saturated rings. The standard InChI is InChI=1S/C21H21NO3/c1-14-8-9-15(18-7-5-4-6-17(14)18)12-16-13-22-11-10-19(16)25-21(2,3)20(23)24/h4-11,13H,12H2,1-3H3,(H,23,24). The van der Waals surface area contributed by atoms with Crippen molar-refractivity contribution in [3.8, 4) is 5.75 Å². The number of nitrogens with zero attached hydrogens (tertiary/aromatic N) is 1. The summed E-state index contributed by atoms with van der Waals surface area (Å²) in [5, 5.41) is 11.7. The van der Waals surface area contributed by atoms with Gasteiger partial charge in [-0.15, -0.1) is 0 Å². The Morgan fingerprint density at radius 2 is 1.80 bits per heavy atom. The summed E-state index contributed by atoms with van der Waals surface area (Å²) in [5.41, 5.74) is 1.96. The van der Waals surface area contributed by atoms with Crippen molar-refractivity contribution in [3.05, 3.63) is 71.5 Å². The third-order valence-corrected chi connectivity index (χ3v) is 4.35. The second-order valence-corrected chi connectivity index (χ2v) is 6.66. The Morgan fingerprint density at radius 3 is 2.52 bits per heavy atom. The van der Waals surface area contributed by atoms with Crippen LogP contribution in [0.4, 0.5) is 0 Å². The second kappa shape index (κ2) is 6.55. The van der Waals surface area contributed by atoms with Crippen molar-refractivity contribution in [1.29, 1.82) is 0 Å². The quantitative estimate of drug-likeness (QED) is 0.752. The monoisotopic (exact) mass is 335 g/mol. The number of benzene rings is 2. The van der Waals surface area contributed by atoms with Gasteiger partial charge in [-0.2, -0.15) is 0 Å². The van der Waals surface area contributed by atoms with E-state index in [0.29, 0.717) is 12.2 Å². The molecule has 0 saturated carbocycles. The molecule has 0 spiro atoms. The van der Waals surface area contributed by atoms with Crippen molar-refractivity contribution in [2.75, 3.05) is 0 Å². The zero-order valence-corrected chi connectivity index (χ0v) is 14.6. The lowest BCUT2D eigenvalue weighted by atomic mass is 9.96. The fourth-order valence-electron chi connectivity index (χ4n) is 2.84. The van der Waals surface area contributed by atoms with E-state index in [2.05, 4.69) is 36.2 Å². The Bertz CT molecular complexity index is 931. The van der Waals surface area contributed by atoms with E-state index in [1.165, 1.54) is 16.3 Å². The zero-order valence-electron chi connectivity index (χ0n) is 14.6. The molecule has 0 aliphatic carbocycles. The maximum Gasteiger partial charge on any atom is 0.347 e. The molecular formula is C21H21NO3. The van der Waals surface area contributed by atoms with Crippen LogP contribution in [0.5, 0.6) is 5.75 Å². The molecule has 0 atom stereocenters. The highest BCUT2D eigenvalue weighted by atomic mass is 16.5. The van der Waals surface area contributed by atoms with Gasteiger partial charge in [0, 0.05) is 24.4 Å². The predicted octanol–water partition coefficient (Wildman–Crippen LogP) is 4.38. The van der Waals surface area contributed by atoms with Gasteiger partial charge < -0.3 is 9.84 Å². The number of hydrogen-bond donors (Lipinski definition) is 1. The molecule has 0 unspecified atom stereocenters. The van der Waals surface area contributed by atoms with E-state index >= 15 is 0 Å². The molecule has 4 heteroatoms. The number of pyridine rings is 1. The number of carbonyl (C=O) groups is 1. The van der Waals surface area contributed by atoms with Crippen LogP contribution in [0.25, 0.3) is 10.8 Å². The fourth-order valence-corrected chi connectivity index (χ4v) is 2.84. The average molecular weight is 335 g/mol. The number of fused-ring (bicyclic) bond motifs is 1. The third-order valence-electron chi connectivity index (χ3n) is 4.35. The van der Waals surface area contributed by atoms with Gasteiger partial charge in [-0.25, -0.2) is 4.79 Å². The summed E-state index contributed by atoms with van der Waals surface area (Å²) < 4.78 is 5.76. The van der Waals surface area contributed by atoms with Crippen molar-refractivity contribution in [3.63, 3.8) is 0 Å². The number of carboxylic acid groups (broad SMARTS) is 1. The molecule has 0 amide bonds. The lowest BCUT2D eigenvalue weighted by molar-refractivity contribution is -0.152. The zero-order chi connectivity index (χ0) is 18.0. The van der Waals surface area contributed by atoms with Crippen LogP contribution < -0.4 is 4.74 Å². The number of hydrogen-bond acceptors (Lipinski definition) is 3. The molecular weight excluding hydrogens is 314 g/mol. The number of carboxylic acids is 1. The van der Waals surface area contributed by atoms with Crippen LogP contribution in [0.2, 0.25) is 0 Å². The van der Waals surface area contributed by atoms with Crippen molar-refractivity contribution < 1.29 is 14.6 Å². The lowest BCUT2D eigenvalue weighted by Crippen LogP contribution is -2.38. The number of aryl methyl sites for hydroxylation is 1. The minimum absolute atomic E-state index is 0.548. The van der Waals surface area contributed by atoms with Gasteiger partial charge >= 0.3 is 5.97 Å². The van der Waals surface area contributed by atoms with Gasteiger partial charge in [-0.05, 0) is 48.7 Å². The van der Waals surface area contributed by atoms with E-state index in [9.17, 15) is 9.90 Å². The molecule has 0 radical (unpaired) electrons. The van der Waals surface area contributed by atoms with Crippen LogP contribution in [-0.2, 0) is 11.2 Å². The molecule has 0 aliphatic heterocycles. The van der Waals surface area contributed by atoms with Gasteiger partial charge in [-0.3, -0.25) is 4.98 Å². The van der Waals surface area contributed by atoms with Crippen molar-refractivity contribution >= 4 is 16.7 Å². The van der Waals surface area contributed by atoms with E-state index in [4.69, 9.17) is 4.74 Å². The Balaban J connectivity index is 2.00. The van der Waals surface area contributed by atoms with Crippen LogP contribution in [-0.4, -0.2) is 21.7 Å². The molecule has 1 N–H and O–H groups in total. The normalized spacial score (nSPS) is 11.5. The molecule has 1 heterocycles. The molecule has 3 rings (SSSR count). The molecule has 0 bridgehead atoms. The predicted molar refractivity (Wildman–Crippen MR) is 98.1 cm³/mol. The minimum atomic E-state index is -1.30. The molecule has 4 nitrogen and oxygen atoms in total. The Labute approximate surface area is 147 Å². The van der Waals surface area contributed by atoms with Crippen LogP contribution in [0.15, 0.2) is 54.9 Å². The van der Waals surface area contributed by atoms with Gasteiger partial charge in [0.05, 0.1) is 0 Å². The van der Waals surface area contributed by atoms with Crippen LogP contribution in [0.3, 0.4) is 0 Å². The number of aromatic nitrogens is 1. The maximum atomic E-state index is 11.4. The first-order valence-corrected chi connectivity index (χ1v) is 8.21. The van der Waals surface area contributed by atoms with Gasteiger partial charge in [-0.1, -0.05) is 36.4 Å². The van der Waals surface area contributed by atoms with E-state index in [1.807, 2.05) is 12.1 Å². The summed E-state index contributed by atoms with van der Waals surface area (Å²) in [6.07, 6.45) is 3.98. The highest BCUT2D eigenvalue weighted by Crippen LogP contribution is 2.29. The summed E-state index contributed by atoms with van der Waals surface area (Å²) in [7, 11) is 0. The highest BCUT2D eigenvalue weighted by Gasteiger charge is 2.30.